The lowest BCUT2D eigenvalue weighted by molar-refractivity contribution is 0.384. The molecule has 4 nitrogen and oxygen atoms in total. The Labute approximate surface area is 114 Å². The van der Waals surface area contributed by atoms with Crippen molar-refractivity contribution in [2.45, 2.75) is 39.2 Å². The second kappa shape index (κ2) is 4.60. The molecule has 1 aliphatic rings. The van der Waals surface area contributed by atoms with Crippen LogP contribution in [0.3, 0.4) is 0 Å². The number of rotatable bonds is 2. The molecule has 0 bridgehead atoms. The van der Waals surface area contributed by atoms with Crippen LogP contribution in [0.5, 0.6) is 0 Å². The van der Waals surface area contributed by atoms with Gasteiger partial charge in [0.1, 0.15) is 11.3 Å². The lowest BCUT2D eigenvalue weighted by atomic mass is 10.0. The number of fused-ring (bicyclic) bond motifs is 1. The molecule has 0 spiro atoms. The molecule has 1 fully saturated rings. The molecule has 1 atom stereocenters. The van der Waals surface area contributed by atoms with Crippen molar-refractivity contribution in [3.05, 3.63) is 24.3 Å². The van der Waals surface area contributed by atoms with Gasteiger partial charge < -0.3 is 9.88 Å². The van der Waals surface area contributed by atoms with Crippen LogP contribution in [0.25, 0.3) is 11.0 Å². The Bertz CT molecular complexity index is 573. The zero-order valence-electron chi connectivity index (χ0n) is 12.0. The van der Waals surface area contributed by atoms with Crippen molar-refractivity contribution in [3.63, 3.8) is 0 Å². The van der Waals surface area contributed by atoms with E-state index in [9.17, 15) is 0 Å². The van der Waals surface area contributed by atoms with Crippen molar-refractivity contribution in [2.24, 2.45) is 5.92 Å². The lowest BCUT2D eigenvalue weighted by Gasteiger charge is -2.25. The monoisotopic (exact) mass is 258 g/mol. The molecule has 0 amide bonds. The zero-order chi connectivity index (χ0) is 13.5. The molecule has 0 aliphatic carbocycles. The molecule has 4 heteroatoms. The van der Waals surface area contributed by atoms with E-state index in [1.54, 1.807) is 0 Å². The molecule has 2 aromatic rings. The van der Waals surface area contributed by atoms with Gasteiger partial charge in [-0.15, -0.1) is 0 Å². The van der Waals surface area contributed by atoms with Crippen LogP contribution in [0.15, 0.2) is 18.5 Å². The number of nitrogens with zero attached hydrogens (tertiary/aromatic N) is 3. The van der Waals surface area contributed by atoms with Crippen molar-refractivity contribution in [1.82, 2.24) is 19.9 Å². The van der Waals surface area contributed by atoms with E-state index in [0.717, 1.165) is 25.0 Å². The third kappa shape index (κ3) is 2.37. The van der Waals surface area contributed by atoms with E-state index in [0.29, 0.717) is 5.92 Å². The van der Waals surface area contributed by atoms with Gasteiger partial charge in [-0.05, 0) is 52.3 Å². The largest absolute Gasteiger partial charge is 0.322 e. The number of hydrogen-bond acceptors (Lipinski definition) is 3. The fourth-order valence-electron chi connectivity index (χ4n) is 3.01. The summed E-state index contributed by atoms with van der Waals surface area (Å²) >= 11 is 0. The molecule has 19 heavy (non-hydrogen) atoms. The summed E-state index contributed by atoms with van der Waals surface area (Å²) in [5.74, 6) is 1.91. The van der Waals surface area contributed by atoms with Gasteiger partial charge >= 0.3 is 0 Å². The fraction of sp³-hybridized carbons (Fsp3) is 0.600. The Morgan fingerprint density at radius 1 is 1.42 bits per heavy atom. The maximum absolute atomic E-state index is 4.82. The minimum atomic E-state index is 0.0530. The van der Waals surface area contributed by atoms with Crippen LogP contribution >= 0.6 is 0 Å². The van der Waals surface area contributed by atoms with E-state index >= 15 is 0 Å². The fourth-order valence-corrected chi connectivity index (χ4v) is 3.01. The normalized spacial score (nSPS) is 20.3. The molecular weight excluding hydrogens is 236 g/mol. The van der Waals surface area contributed by atoms with Gasteiger partial charge in [0.25, 0.3) is 0 Å². The van der Waals surface area contributed by atoms with E-state index in [-0.39, 0.29) is 5.54 Å². The van der Waals surface area contributed by atoms with E-state index < -0.39 is 0 Å². The van der Waals surface area contributed by atoms with E-state index in [2.05, 4.69) is 41.7 Å². The van der Waals surface area contributed by atoms with Gasteiger partial charge in [-0.2, -0.15) is 0 Å². The quantitative estimate of drug-likeness (QED) is 0.899. The van der Waals surface area contributed by atoms with E-state index in [1.165, 1.54) is 17.8 Å². The molecular formula is C15H22N4. The molecule has 1 aliphatic heterocycles. The smallest absolute Gasteiger partial charge is 0.110 e. The predicted octanol–water partition coefficient (Wildman–Crippen LogP) is 2.34. The number of pyridine rings is 1. The van der Waals surface area contributed by atoms with E-state index in [1.807, 2.05) is 12.4 Å². The van der Waals surface area contributed by atoms with Gasteiger partial charge in [0.2, 0.25) is 0 Å². The Morgan fingerprint density at radius 3 is 2.95 bits per heavy atom. The molecule has 0 radical (unpaired) electrons. The predicted molar refractivity (Wildman–Crippen MR) is 77.2 cm³/mol. The van der Waals surface area contributed by atoms with Gasteiger partial charge in [0, 0.05) is 18.2 Å². The van der Waals surface area contributed by atoms with Gasteiger partial charge in [-0.3, -0.25) is 4.98 Å². The molecule has 102 valence electrons. The second-order valence-electron chi connectivity index (χ2n) is 6.46. The van der Waals surface area contributed by atoms with Crippen molar-refractivity contribution >= 4 is 11.0 Å². The zero-order valence-corrected chi connectivity index (χ0v) is 12.0. The summed E-state index contributed by atoms with van der Waals surface area (Å²) < 4.78 is 2.38. The van der Waals surface area contributed by atoms with Crippen LogP contribution in [-0.2, 0) is 12.0 Å². The first-order valence-corrected chi connectivity index (χ1v) is 7.08. The minimum Gasteiger partial charge on any atom is -0.322 e. The maximum atomic E-state index is 4.82. The Hall–Kier alpha value is -1.42. The number of hydrogen-bond donors (Lipinski definition) is 1. The standard InChI is InChI=1S/C15H22N4/c1-15(2,3)19-13-5-7-17-10-12(13)18-14(19)8-11-4-6-16-9-11/h5,7,10-11,16H,4,6,8-9H2,1-3H3. The third-order valence-corrected chi connectivity index (χ3v) is 3.83. The minimum absolute atomic E-state index is 0.0530. The molecule has 2 aromatic heterocycles. The van der Waals surface area contributed by atoms with Gasteiger partial charge in [0.05, 0.1) is 11.7 Å². The summed E-state index contributed by atoms with van der Waals surface area (Å²) in [5.41, 5.74) is 2.26. The highest BCUT2D eigenvalue weighted by molar-refractivity contribution is 5.75. The average molecular weight is 258 g/mol. The SMILES string of the molecule is CC(C)(C)n1c(CC2CCNC2)nc2cnccc21. The number of imidazole rings is 1. The van der Waals surface area contributed by atoms with Crippen LogP contribution in [0.2, 0.25) is 0 Å². The summed E-state index contributed by atoms with van der Waals surface area (Å²) in [6, 6.07) is 2.07. The highest BCUT2D eigenvalue weighted by atomic mass is 15.1. The Morgan fingerprint density at radius 2 is 2.26 bits per heavy atom. The van der Waals surface area contributed by atoms with Crippen molar-refractivity contribution in [1.29, 1.82) is 0 Å². The van der Waals surface area contributed by atoms with Gasteiger partial charge in [-0.1, -0.05) is 0 Å². The summed E-state index contributed by atoms with van der Waals surface area (Å²) in [6.07, 6.45) is 6.03. The topological polar surface area (TPSA) is 42.7 Å². The van der Waals surface area contributed by atoms with Gasteiger partial charge in [0.15, 0.2) is 0 Å². The molecule has 0 saturated carbocycles. The van der Waals surface area contributed by atoms with Crippen LogP contribution in [0, 0.1) is 5.92 Å². The molecule has 3 rings (SSSR count). The highest BCUT2D eigenvalue weighted by Gasteiger charge is 2.24. The second-order valence-corrected chi connectivity index (χ2v) is 6.46. The average Bonchev–Trinajstić information content (AvgIpc) is 2.94. The summed E-state index contributed by atoms with van der Waals surface area (Å²) in [7, 11) is 0. The summed E-state index contributed by atoms with van der Waals surface area (Å²) in [4.78, 5) is 9.01. The molecule has 1 unspecified atom stereocenters. The Kier molecular flexibility index (Phi) is 3.05. The third-order valence-electron chi connectivity index (χ3n) is 3.83. The summed E-state index contributed by atoms with van der Waals surface area (Å²) in [6.45, 7) is 8.98. The van der Waals surface area contributed by atoms with Crippen molar-refractivity contribution in [3.8, 4) is 0 Å². The van der Waals surface area contributed by atoms with Crippen molar-refractivity contribution < 1.29 is 0 Å². The summed E-state index contributed by atoms with van der Waals surface area (Å²) in [5, 5.41) is 3.44. The first-order chi connectivity index (χ1) is 9.05. The van der Waals surface area contributed by atoms with E-state index in [4.69, 9.17) is 4.98 Å². The Balaban J connectivity index is 2.06. The first-order valence-electron chi connectivity index (χ1n) is 7.08. The number of aromatic nitrogens is 3. The molecule has 3 heterocycles. The number of nitrogens with one attached hydrogen (secondary N) is 1. The van der Waals surface area contributed by atoms with Crippen LogP contribution in [-0.4, -0.2) is 27.6 Å². The lowest BCUT2D eigenvalue weighted by Crippen LogP contribution is -2.25. The van der Waals surface area contributed by atoms with Crippen molar-refractivity contribution in [2.75, 3.05) is 13.1 Å². The first kappa shape index (κ1) is 12.6. The molecule has 1 saturated heterocycles. The highest BCUT2D eigenvalue weighted by Crippen LogP contribution is 2.27. The van der Waals surface area contributed by atoms with Gasteiger partial charge in [-0.25, -0.2) is 4.98 Å². The van der Waals surface area contributed by atoms with Crippen LogP contribution in [0.4, 0.5) is 0 Å². The van der Waals surface area contributed by atoms with Crippen LogP contribution < -0.4 is 5.32 Å². The maximum Gasteiger partial charge on any atom is 0.110 e. The van der Waals surface area contributed by atoms with Crippen LogP contribution in [0.1, 0.15) is 33.0 Å². The molecule has 1 N–H and O–H groups in total. The molecule has 0 aromatic carbocycles.